The Balaban J connectivity index is 1.25. The van der Waals surface area contributed by atoms with Crippen molar-refractivity contribution in [3.63, 3.8) is 0 Å². The highest BCUT2D eigenvalue weighted by Crippen LogP contribution is 2.29. The van der Waals surface area contributed by atoms with Crippen LogP contribution in [0.25, 0.3) is 44.8 Å². The standard InChI is InChI=1S/C30H26N4O7S2/c1-3-39-21-10-8-19(9-11-21)29-31-25-14-12-23(17-27(25)33-29)42(35,36)41-43(37,38)24-13-15-26-28(18-24)34-30(32-26)20-6-5-7-22(16-20)40-4-2/h5-18H,3-4H2,1-2H3,(H,31,33)(H,32,34). The van der Waals surface area contributed by atoms with Crippen LogP contribution in [-0.2, 0) is 23.9 Å². The molecule has 43 heavy (non-hydrogen) atoms. The van der Waals surface area contributed by atoms with Gasteiger partial charge in [-0.2, -0.15) is 16.8 Å². The molecule has 0 fully saturated rings. The fourth-order valence-corrected chi connectivity index (χ4v) is 7.08. The maximum Gasteiger partial charge on any atom is 0.311 e. The zero-order valence-electron chi connectivity index (χ0n) is 23.1. The maximum atomic E-state index is 13.1. The first-order valence-electron chi connectivity index (χ1n) is 13.3. The molecule has 0 aliphatic carbocycles. The monoisotopic (exact) mass is 618 g/mol. The van der Waals surface area contributed by atoms with Crippen LogP contribution in [0.5, 0.6) is 11.5 Å². The van der Waals surface area contributed by atoms with Crippen molar-refractivity contribution >= 4 is 42.3 Å². The van der Waals surface area contributed by atoms with Gasteiger partial charge in [-0.25, -0.2) is 9.97 Å². The van der Waals surface area contributed by atoms with E-state index in [1.54, 1.807) is 0 Å². The van der Waals surface area contributed by atoms with Gasteiger partial charge in [-0.3, -0.25) is 0 Å². The molecule has 6 aromatic rings. The van der Waals surface area contributed by atoms with Gasteiger partial charge < -0.3 is 19.4 Å². The van der Waals surface area contributed by atoms with Gasteiger partial charge in [-0.1, -0.05) is 12.1 Å². The van der Waals surface area contributed by atoms with Crippen molar-refractivity contribution in [2.75, 3.05) is 13.2 Å². The minimum absolute atomic E-state index is 0.318. The second-order valence-electron chi connectivity index (χ2n) is 9.42. The smallest absolute Gasteiger partial charge is 0.311 e. The van der Waals surface area contributed by atoms with E-state index in [4.69, 9.17) is 13.1 Å². The summed E-state index contributed by atoms with van der Waals surface area (Å²) in [6.45, 7) is 4.83. The van der Waals surface area contributed by atoms with Crippen LogP contribution in [0.3, 0.4) is 0 Å². The van der Waals surface area contributed by atoms with E-state index in [1.807, 2.05) is 62.4 Å². The van der Waals surface area contributed by atoms with Crippen molar-refractivity contribution in [3.05, 3.63) is 84.9 Å². The van der Waals surface area contributed by atoms with Crippen LogP contribution in [0.2, 0.25) is 0 Å². The van der Waals surface area contributed by atoms with E-state index in [9.17, 15) is 16.8 Å². The third kappa shape index (κ3) is 5.82. The van der Waals surface area contributed by atoms with E-state index < -0.39 is 20.2 Å². The highest BCUT2D eigenvalue weighted by molar-refractivity contribution is 7.99. The predicted octanol–water partition coefficient (Wildman–Crippen LogP) is 5.66. The summed E-state index contributed by atoms with van der Waals surface area (Å²) < 4.78 is 68.2. The third-order valence-corrected chi connectivity index (χ3v) is 9.62. The summed E-state index contributed by atoms with van der Waals surface area (Å²) in [5.74, 6) is 2.39. The molecule has 220 valence electrons. The number of nitrogens with one attached hydrogen (secondary N) is 2. The number of H-pyrrole nitrogens is 2. The maximum absolute atomic E-state index is 13.1. The molecule has 6 rings (SSSR count). The summed E-state index contributed by atoms with van der Waals surface area (Å²) >= 11 is 0. The molecule has 0 saturated heterocycles. The van der Waals surface area contributed by atoms with Gasteiger partial charge in [-0.05, 0) is 86.6 Å². The van der Waals surface area contributed by atoms with Crippen LogP contribution in [-0.4, -0.2) is 50.0 Å². The molecule has 0 spiro atoms. The first-order chi connectivity index (χ1) is 20.6. The van der Waals surface area contributed by atoms with Crippen molar-refractivity contribution in [3.8, 4) is 34.3 Å². The van der Waals surface area contributed by atoms with E-state index in [1.165, 1.54) is 36.4 Å². The second-order valence-corrected chi connectivity index (χ2v) is 12.7. The Morgan fingerprint density at radius 3 is 1.70 bits per heavy atom. The van der Waals surface area contributed by atoms with Gasteiger partial charge in [0.05, 0.1) is 45.1 Å². The molecule has 11 nitrogen and oxygen atoms in total. The van der Waals surface area contributed by atoms with Gasteiger partial charge in [0, 0.05) is 11.1 Å². The fourth-order valence-electron chi connectivity index (χ4n) is 4.53. The zero-order valence-corrected chi connectivity index (χ0v) is 24.7. The molecule has 4 aromatic carbocycles. The lowest BCUT2D eigenvalue weighted by molar-refractivity contribution is 0.340. The Morgan fingerprint density at radius 2 is 1.14 bits per heavy atom. The summed E-state index contributed by atoms with van der Waals surface area (Å²) in [5.41, 5.74) is 3.28. The lowest BCUT2D eigenvalue weighted by Crippen LogP contribution is -2.14. The molecular weight excluding hydrogens is 592 g/mol. The van der Waals surface area contributed by atoms with E-state index in [-0.39, 0.29) is 9.79 Å². The molecule has 0 radical (unpaired) electrons. The molecule has 0 saturated carbocycles. The molecule has 0 amide bonds. The van der Waals surface area contributed by atoms with Gasteiger partial charge in [0.1, 0.15) is 23.1 Å². The number of imidazole rings is 2. The van der Waals surface area contributed by atoms with Crippen LogP contribution in [0, 0.1) is 0 Å². The summed E-state index contributed by atoms with van der Waals surface area (Å²) in [7, 11) is -9.46. The van der Waals surface area contributed by atoms with Crippen molar-refractivity contribution in [2.45, 2.75) is 23.6 Å². The zero-order chi connectivity index (χ0) is 30.2. The van der Waals surface area contributed by atoms with Crippen molar-refractivity contribution in [1.82, 2.24) is 19.9 Å². The van der Waals surface area contributed by atoms with Crippen LogP contribution in [0.4, 0.5) is 0 Å². The van der Waals surface area contributed by atoms with Crippen LogP contribution >= 0.6 is 0 Å². The van der Waals surface area contributed by atoms with E-state index >= 15 is 0 Å². The number of rotatable bonds is 10. The highest BCUT2D eigenvalue weighted by Gasteiger charge is 2.28. The number of ether oxygens (including phenoxy) is 2. The Labute approximate surface area is 247 Å². The van der Waals surface area contributed by atoms with Crippen molar-refractivity contribution < 1.29 is 29.9 Å². The van der Waals surface area contributed by atoms with Crippen LogP contribution in [0.1, 0.15) is 13.8 Å². The number of nitrogens with zero attached hydrogens (tertiary/aromatic N) is 2. The molecule has 2 N–H and O–H groups in total. The van der Waals surface area contributed by atoms with Crippen molar-refractivity contribution in [1.29, 1.82) is 0 Å². The number of fused-ring (bicyclic) bond motifs is 2. The van der Waals surface area contributed by atoms with Gasteiger partial charge >= 0.3 is 20.2 Å². The average Bonchev–Trinajstić information content (AvgIpc) is 3.61. The topological polar surface area (TPSA) is 153 Å². The average molecular weight is 619 g/mol. The Bertz CT molecular complexity index is 2170. The van der Waals surface area contributed by atoms with Crippen LogP contribution < -0.4 is 9.47 Å². The Hall–Kier alpha value is -4.72. The molecule has 0 atom stereocenters. The number of aromatic nitrogens is 4. The van der Waals surface area contributed by atoms with Gasteiger partial charge in [0.2, 0.25) is 0 Å². The van der Waals surface area contributed by atoms with E-state index in [0.29, 0.717) is 58.4 Å². The molecule has 13 heteroatoms. The summed E-state index contributed by atoms with van der Waals surface area (Å²) in [5, 5.41) is 0. The summed E-state index contributed by atoms with van der Waals surface area (Å²) in [6, 6.07) is 22.6. The first-order valence-corrected chi connectivity index (χ1v) is 16.1. The minimum Gasteiger partial charge on any atom is -0.494 e. The molecular formula is C30H26N4O7S2. The largest absolute Gasteiger partial charge is 0.494 e. The fraction of sp³-hybridized carbons (Fsp3) is 0.133. The third-order valence-electron chi connectivity index (χ3n) is 6.52. The lowest BCUT2D eigenvalue weighted by atomic mass is 10.2. The molecule has 0 unspecified atom stereocenters. The number of aromatic amines is 2. The lowest BCUT2D eigenvalue weighted by Gasteiger charge is -2.06. The first kappa shape index (κ1) is 28.4. The van der Waals surface area contributed by atoms with E-state index in [0.717, 1.165) is 11.1 Å². The van der Waals surface area contributed by atoms with Gasteiger partial charge in [-0.15, -0.1) is 3.63 Å². The molecule has 2 aromatic heterocycles. The SMILES string of the molecule is CCOc1ccc(-c2nc3cc(S(=O)(=O)OS(=O)(=O)c4ccc5[nH]c(-c6cccc(OCC)c6)nc5c4)ccc3[nH]2)cc1. The quantitative estimate of drug-likeness (QED) is 0.198. The molecule has 0 aliphatic rings. The second kappa shape index (κ2) is 11.2. The molecule has 0 aliphatic heterocycles. The number of hydrogen-bond donors (Lipinski definition) is 2. The normalized spacial score (nSPS) is 12.1. The van der Waals surface area contributed by atoms with Crippen molar-refractivity contribution in [2.24, 2.45) is 0 Å². The summed E-state index contributed by atoms with van der Waals surface area (Å²) in [6.07, 6.45) is 0. The van der Waals surface area contributed by atoms with Gasteiger partial charge in [0.25, 0.3) is 0 Å². The molecule has 2 heterocycles. The number of benzene rings is 4. The predicted molar refractivity (Wildman–Crippen MR) is 161 cm³/mol. The number of hydrogen-bond acceptors (Lipinski definition) is 9. The molecule has 0 bridgehead atoms. The van der Waals surface area contributed by atoms with Crippen LogP contribution in [0.15, 0.2) is 94.7 Å². The minimum atomic E-state index is -4.73. The summed E-state index contributed by atoms with van der Waals surface area (Å²) in [4.78, 5) is 14.5. The Morgan fingerprint density at radius 1 is 0.605 bits per heavy atom. The van der Waals surface area contributed by atoms with Gasteiger partial charge in [0.15, 0.2) is 0 Å². The highest BCUT2D eigenvalue weighted by atomic mass is 32.3. The Kier molecular flexibility index (Phi) is 7.38. The van der Waals surface area contributed by atoms with E-state index in [2.05, 4.69) is 19.9 Å².